The number of hydrogen-bond acceptors (Lipinski definition) is 6. The minimum absolute atomic E-state index is 0.0845. The van der Waals surface area contributed by atoms with Crippen LogP contribution in [0.25, 0.3) is 21.9 Å². The fourth-order valence-corrected chi connectivity index (χ4v) is 8.59. The smallest absolute Gasteiger partial charge is 0.308 e. The Morgan fingerprint density at radius 3 is 2.03 bits per heavy atom. The Hall–Kier alpha value is -2.02. The Balaban J connectivity index is 1.72. The molecule has 3 aromatic carbocycles. The van der Waals surface area contributed by atoms with Gasteiger partial charge in [0.2, 0.25) is 0 Å². The number of hydrogen-bond donors (Lipinski definition) is 0. The second-order valence-corrected chi connectivity index (χ2v) is 12.9. The Kier molecular flexibility index (Phi) is 9.68. The lowest BCUT2D eigenvalue weighted by molar-refractivity contribution is 0.209. The highest BCUT2D eigenvalue weighted by molar-refractivity contribution is 7.94. The molecule has 0 saturated carbocycles. The number of fused-ring (bicyclic) bond motifs is 1. The number of rotatable bonds is 13. The van der Waals surface area contributed by atoms with Gasteiger partial charge in [0, 0.05) is 0 Å². The van der Waals surface area contributed by atoms with Gasteiger partial charge in [0.05, 0.1) is 19.3 Å². The highest BCUT2D eigenvalue weighted by Crippen LogP contribution is 2.57. The molecule has 6 nitrogen and oxygen atoms in total. The van der Waals surface area contributed by atoms with E-state index in [2.05, 4.69) is 42.5 Å². The van der Waals surface area contributed by atoms with E-state index in [0.717, 1.165) is 16.7 Å². The molecule has 0 aliphatic carbocycles. The van der Waals surface area contributed by atoms with Crippen LogP contribution in [-0.2, 0) is 34.3 Å². The summed E-state index contributed by atoms with van der Waals surface area (Å²) < 4.78 is 55.1. The zero-order valence-electron chi connectivity index (χ0n) is 20.8. The predicted molar refractivity (Wildman–Crippen MR) is 142 cm³/mol. The topological polar surface area (TPSA) is 78.9 Å². The lowest BCUT2D eigenvalue weighted by Crippen LogP contribution is -2.28. The maximum atomic E-state index is 13.4. The largest absolute Gasteiger partial charge is 0.351 e. The molecule has 0 aromatic heterocycles. The van der Waals surface area contributed by atoms with E-state index in [1.165, 1.54) is 10.8 Å². The Morgan fingerprint density at radius 2 is 1.43 bits per heavy atom. The van der Waals surface area contributed by atoms with Crippen LogP contribution in [0.5, 0.6) is 0 Å². The van der Waals surface area contributed by atoms with Crippen LogP contribution in [0, 0.1) is 0 Å². The average molecular weight is 519 g/mol. The van der Waals surface area contributed by atoms with E-state index < -0.39 is 28.8 Å². The minimum atomic E-state index is -4.15. The quantitative estimate of drug-likeness (QED) is 0.176. The van der Waals surface area contributed by atoms with Crippen molar-refractivity contribution < 1.29 is 26.2 Å². The van der Waals surface area contributed by atoms with Crippen LogP contribution in [0.4, 0.5) is 0 Å². The molecule has 3 aromatic rings. The molecule has 0 spiro atoms. The van der Waals surface area contributed by atoms with E-state index >= 15 is 0 Å². The summed E-state index contributed by atoms with van der Waals surface area (Å²) in [4.78, 5) is -1.37. The number of aryl methyl sites for hydroxylation is 1. The van der Waals surface area contributed by atoms with Gasteiger partial charge in [0.1, 0.15) is 0 Å². The molecule has 0 fully saturated rings. The molecular weight excluding hydrogens is 483 g/mol. The van der Waals surface area contributed by atoms with Crippen molar-refractivity contribution in [2.45, 2.75) is 58.1 Å². The molecule has 3 rings (SSSR count). The van der Waals surface area contributed by atoms with Gasteiger partial charge in [-0.05, 0) is 80.5 Å². The molecule has 1 unspecified atom stereocenters. The first-order chi connectivity index (χ1) is 16.7. The SMILES string of the molecule is CCOP(=O)(OCC)C(CCCc1ccc(-c2ccc3ccccc3c2)cc1)S(=O)(=O)OC(C)C. The average Bonchev–Trinajstić information content (AvgIpc) is 2.81. The summed E-state index contributed by atoms with van der Waals surface area (Å²) in [6.45, 7) is 6.74. The monoisotopic (exact) mass is 518 g/mol. The zero-order valence-corrected chi connectivity index (χ0v) is 22.6. The van der Waals surface area contributed by atoms with Gasteiger partial charge in [-0.1, -0.05) is 60.7 Å². The van der Waals surface area contributed by atoms with Crippen molar-refractivity contribution in [3.63, 3.8) is 0 Å². The normalized spacial score (nSPS) is 13.4. The van der Waals surface area contributed by atoms with Crippen LogP contribution in [0.3, 0.4) is 0 Å². The summed E-state index contributed by atoms with van der Waals surface area (Å²) in [5, 5.41) is 2.40. The second kappa shape index (κ2) is 12.3. The fourth-order valence-electron chi connectivity index (χ4n) is 4.07. The predicted octanol–water partition coefficient (Wildman–Crippen LogP) is 7.18. The van der Waals surface area contributed by atoms with Gasteiger partial charge in [-0.15, -0.1) is 0 Å². The van der Waals surface area contributed by atoms with Gasteiger partial charge < -0.3 is 9.05 Å². The molecule has 1 atom stereocenters. The van der Waals surface area contributed by atoms with Crippen LogP contribution in [0.1, 0.15) is 46.1 Å². The van der Waals surface area contributed by atoms with Crippen LogP contribution in [0.2, 0.25) is 0 Å². The summed E-state index contributed by atoms with van der Waals surface area (Å²) in [5.41, 5.74) is 3.32. The summed E-state index contributed by atoms with van der Waals surface area (Å²) >= 11 is 0. The van der Waals surface area contributed by atoms with E-state index in [1.807, 2.05) is 24.3 Å². The van der Waals surface area contributed by atoms with Gasteiger partial charge >= 0.3 is 7.60 Å². The summed E-state index contributed by atoms with van der Waals surface area (Å²) in [7, 11) is -8.06. The molecule has 0 bridgehead atoms. The van der Waals surface area contributed by atoms with Crippen molar-refractivity contribution in [1.82, 2.24) is 0 Å². The third-order valence-corrected chi connectivity index (χ3v) is 10.9. The molecule has 8 heteroatoms. The van der Waals surface area contributed by atoms with E-state index in [1.54, 1.807) is 27.7 Å². The van der Waals surface area contributed by atoms with Gasteiger partial charge in [-0.25, -0.2) is 0 Å². The third kappa shape index (κ3) is 7.25. The van der Waals surface area contributed by atoms with Crippen molar-refractivity contribution in [2.75, 3.05) is 13.2 Å². The first-order valence-corrected chi connectivity index (χ1v) is 15.2. The fraction of sp³-hybridized carbons (Fsp3) is 0.407. The highest BCUT2D eigenvalue weighted by Gasteiger charge is 2.45. The van der Waals surface area contributed by atoms with Crippen molar-refractivity contribution in [3.8, 4) is 11.1 Å². The van der Waals surface area contributed by atoms with Crippen molar-refractivity contribution >= 4 is 28.5 Å². The molecule has 0 amide bonds. The molecule has 0 N–H and O–H groups in total. The maximum absolute atomic E-state index is 13.4. The highest BCUT2D eigenvalue weighted by atomic mass is 32.2. The summed E-state index contributed by atoms with van der Waals surface area (Å²) in [5.74, 6) is 0. The van der Waals surface area contributed by atoms with Crippen molar-refractivity contribution in [2.24, 2.45) is 0 Å². The first-order valence-electron chi connectivity index (χ1n) is 12.1. The Morgan fingerprint density at radius 1 is 0.829 bits per heavy atom. The Bertz CT molecular complexity index is 1240. The van der Waals surface area contributed by atoms with Crippen LogP contribution in [-0.4, -0.2) is 32.7 Å². The second-order valence-electron chi connectivity index (χ2n) is 8.62. The standard InChI is InChI=1S/C27H35O6PS/c1-5-31-34(28,32-6-2)27(35(29,30)33-21(3)4)13-9-10-22-14-16-24(17-15-22)26-19-18-23-11-7-8-12-25(23)20-26/h7-8,11-12,14-21,27H,5-6,9-10,13H2,1-4H3. The molecular formula is C27H35O6PS. The van der Waals surface area contributed by atoms with Gasteiger partial charge in [0.25, 0.3) is 10.1 Å². The molecule has 0 radical (unpaired) electrons. The van der Waals surface area contributed by atoms with E-state index in [9.17, 15) is 13.0 Å². The lowest BCUT2D eigenvalue weighted by atomic mass is 9.99. The molecule has 190 valence electrons. The van der Waals surface area contributed by atoms with Crippen molar-refractivity contribution in [3.05, 3.63) is 72.3 Å². The van der Waals surface area contributed by atoms with Crippen LogP contribution < -0.4 is 0 Å². The Labute approximate surface area is 209 Å². The molecule has 0 saturated heterocycles. The van der Waals surface area contributed by atoms with Gasteiger partial charge in [-0.2, -0.15) is 8.42 Å². The van der Waals surface area contributed by atoms with E-state index in [0.29, 0.717) is 12.8 Å². The van der Waals surface area contributed by atoms with Crippen molar-refractivity contribution in [1.29, 1.82) is 0 Å². The molecule has 0 aliphatic heterocycles. The number of benzene rings is 3. The molecule has 0 aliphatic rings. The van der Waals surface area contributed by atoms with Gasteiger partial charge in [0.15, 0.2) is 4.99 Å². The van der Waals surface area contributed by atoms with E-state index in [4.69, 9.17) is 13.2 Å². The first kappa shape index (κ1) is 27.6. The zero-order chi connectivity index (χ0) is 25.5. The molecule has 0 heterocycles. The van der Waals surface area contributed by atoms with E-state index in [-0.39, 0.29) is 19.6 Å². The minimum Gasteiger partial charge on any atom is -0.308 e. The summed E-state index contributed by atoms with van der Waals surface area (Å²) in [6, 6.07) is 22.9. The lowest BCUT2D eigenvalue weighted by Gasteiger charge is -2.26. The van der Waals surface area contributed by atoms with Crippen LogP contribution >= 0.6 is 7.60 Å². The van der Waals surface area contributed by atoms with Crippen LogP contribution in [0.15, 0.2) is 66.7 Å². The van der Waals surface area contributed by atoms with Gasteiger partial charge in [-0.3, -0.25) is 8.75 Å². The third-order valence-electron chi connectivity index (χ3n) is 5.58. The maximum Gasteiger partial charge on any atom is 0.351 e. The molecule has 35 heavy (non-hydrogen) atoms. The summed E-state index contributed by atoms with van der Waals surface area (Å²) in [6.07, 6.45) is 0.662.